The molecule has 0 radical (unpaired) electrons. The standard InChI is InChI=1S/C43H65NO5/c1-5-6-7-8-9-10-11-12-13-14-15-16-17-18-22-25-41(45)48-39(34-40-43(3,4)49-40)35(2)31-33-47-38-28-26-36(27-29-38)30-32-44-42(46)37-23-20-19-21-24-37/h19-21,23-24,26-29,31,39-40H,5-18,22,25,30,32-34H2,1-4H3,(H,44,46)/t39-,40+/m0/s1. The summed E-state index contributed by atoms with van der Waals surface area (Å²) in [5, 5.41) is 2.97. The van der Waals surface area contributed by atoms with Crippen molar-refractivity contribution in [2.24, 2.45) is 0 Å². The van der Waals surface area contributed by atoms with E-state index in [4.69, 9.17) is 14.2 Å². The van der Waals surface area contributed by atoms with Crippen LogP contribution in [0, 0.1) is 0 Å². The van der Waals surface area contributed by atoms with Crippen molar-refractivity contribution in [1.82, 2.24) is 5.32 Å². The summed E-state index contributed by atoms with van der Waals surface area (Å²) in [7, 11) is 0. The van der Waals surface area contributed by atoms with Crippen LogP contribution in [0.3, 0.4) is 0 Å². The number of hydrogen-bond acceptors (Lipinski definition) is 5. The molecule has 1 amide bonds. The van der Waals surface area contributed by atoms with E-state index in [-0.39, 0.29) is 29.7 Å². The molecule has 2 aromatic carbocycles. The lowest BCUT2D eigenvalue weighted by atomic mass is 10.0. The molecule has 0 unspecified atom stereocenters. The van der Waals surface area contributed by atoms with Crippen LogP contribution in [0.4, 0.5) is 0 Å². The summed E-state index contributed by atoms with van der Waals surface area (Å²) in [6, 6.07) is 17.2. The van der Waals surface area contributed by atoms with Crippen molar-refractivity contribution in [2.45, 2.75) is 161 Å². The minimum atomic E-state index is -0.312. The van der Waals surface area contributed by atoms with Crippen molar-refractivity contribution in [1.29, 1.82) is 0 Å². The highest BCUT2D eigenvalue weighted by molar-refractivity contribution is 5.94. The monoisotopic (exact) mass is 675 g/mol. The molecule has 1 fully saturated rings. The van der Waals surface area contributed by atoms with Gasteiger partial charge in [0.05, 0.1) is 11.7 Å². The molecule has 1 saturated heterocycles. The van der Waals surface area contributed by atoms with Gasteiger partial charge in [-0.25, -0.2) is 0 Å². The Morgan fingerprint density at radius 1 is 0.816 bits per heavy atom. The van der Waals surface area contributed by atoms with E-state index in [0.29, 0.717) is 31.6 Å². The maximum atomic E-state index is 12.8. The average Bonchev–Trinajstić information content (AvgIpc) is 3.71. The number of ether oxygens (including phenoxy) is 3. The van der Waals surface area contributed by atoms with Crippen LogP contribution in [0.2, 0.25) is 0 Å². The van der Waals surface area contributed by atoms with Crippen molar-refractivity contribution in [3.8, 4) is 5.75 Å². The first-order valence-corrected chi connectivity index (χ1v) is 19.4. The van der Waals surface area contributed by atoms with Crippen molar-refractivity contribution in [3.05, 3.63) is 77.4 Å². The fourth-order valence-corrected chi connectivity index (χ4v) is 6.21. The van der Waals surface area contributed by atoms with Crippen molar-refractivity contribution < 1.29 is 23.8 Å². The summed E-state index contributed by atoms with van der Waals surface area (Å²) in [6.45, 7) is 9.40. The predicted octanol–water partition coefficient (Wildman–Crippen LogP) is 10.7. The number of esters is 1. The Hall–Kier alpha value is -3.12. The van der Waals surface area contributed by atoms with Crippen LogP contribution in [-0.4, -0.2) is 42.8 Å². The number of unbranched alkanes of at least 4 members (excludes halogenated alkanes) is 14. The smallest absolute Gasteiger partial charge is 0.306 e. The Bertz CT molecular complexity index is 1220. The third-order valence-corrected chi connectivity index (χ3v) is 9.67. The number of hydrogen-bond donors (Lipinski definition) is 1. The lowest BCUT2D eigenvalue weighted by Crippen LogP contribution is -2.25. The van der Waals surface area contributed by atoms with Crippen LogP contribution >= 0.6 is 0 Å². The lowest BCUT2D eigenvalue weighted by molar-refractivity contribution is -0.147. The van der Waals surface area contributed by atoms with Gasteiger partial charge < -0.3 is 19.5 Å². The Labute approximate surface area is 297 Å². The quantitative estimate of drug-likeness (QED) is 0.0441. The number of benzene rings is 2. The third-order valence-electron chi connectivity index (χ3n) is 9.67. The molecule has 6 nitrogen and oxygen atoms in total. The van der Waals surface area contributed by atoms with Gasteiger partial charge in [-0.05, 0) is 75.1 Å². The molecule has 2 aromatic rings. The number of rotatable bonds is 27. The van der Waals surface area contributed by atoms with Crippen LogP contribution in [-0.2, 0) is 20.7 Å². The summed E-state index contributed by atoms with van der Waals surface area (Å²) in [4.78, 5) is 25.1. The Morgan fingerprint density at radius 3 is 1.92 bits per heavy atom. The van der Waals surface area contributed by atoms with E-state index in [2.05, 4.69) is 26.1 Å². The van der Waals surface area contributed by atoms with E-state index in [9.17, 15) is 9.59 Å². The number of nitrogens with one attached hydrogen (secondary N) is 1. The molecule has 49 heavy (non-hydrogen) atoms. The van der Waals surface area contributed by atoms with Crippen molar-refractivity contribution in [2.75, 3.05) is 13.2 Å². The summed E-state index contributed by atoms with van der Waals surface area (Å²) < 4.78 is 17.8. The zero-order valence-corrected chi connectivity index (χ0v) is 31.1. The summed E-state index contributed by atoms with van der Waals surface area (Å²) in [6.07, 6.45) is 23.3. The molecule has 1 N–H and O–H groups in total. The fraction of sp³-hybridized carbons (Fsp3) is 0.628. The highest BCUT2D eigenvalue weighted by atomic mass is 16.6. The van der Waals surface area contributed by atoms with Crippen LogP contribution in [0.1, 0.15) is 153 Å². The van der Waals surface area contributed by atoms with E-state index >= 15 is 0 Å². The first-order valence-electron chi connectivity index (χ1n) is 19.4. The van der Waals surface area contributed by atoms with Crippen LogP contribution < -0.4 is 10.1 Å². The second-order valence-corrected chi connectivity index (χ2v) is 14.4. The van der Waals surface area contributed by atoms with Crippen LogP contribution in [0.25, 0.3) is 0 Å². The van der Waals surface area contributed by atoms with Gasteiger partial charge in [0.25, 0.3) is 5.91 Å². The van der Waals surface area contributed by atoms with Crippen LogP contribution in [0.5, 0.6) is 5.75 Å². The maximum absolute atomic E-state index is 12.8. The molecule has 1 heterocycles. The Balaban J connectivity index is 1.29. The summed E-state index contributed by atoms with van der Waals surface area (Å²) >= 11 is 0. The highest BCUT2D eigenvalue weighted by Crippen LogP contribution is 2.39. The molecule has 0 saturated carbocycles. The molecule has 1 aliphatic rings. The molecule has 0 aliphatic carbocycles. The average molecular weight is 676 g/mol. The molecule has 3 rings (SSSR count). The highest BCUT2D eigenvalue weighted by Gasteiger charge is 2.49. The van der Waals surface area contributed by atoms with E-state index in [0.717, 1.165) is 36.1 Å². The Kier molecular flexibility index (Phi) is 19.2. The largest absolute Gasteiger partial charge is 0.490 e. The van der Waals surface area contributed by atoms with Crippen molar-refractivity contribution >= 4 is 11.9 Å². The minimum Gasteiger partial charge on any atom is -0.490 e. The number of carbonyl (C=O) groups is 2. The molecular formula is C43H65NO5. The van der Waals surface area contributed by atoms with Gasteiger partial charge in [-0.15, -0.1) is 0 Å². The molecule has 0 bridgehead atoms. The fourth-order valence-electron chi connectivity index (χ4n) is 6.21. The molecular weight excluding hydrogens is 610 g/mol. The van der Waals surface area contributed by atoms with E-state index in [1.165, 1.54) is 83.5 Å². The second-order valence-electron chi connectivity index (χ2n) is 14.4. The molecule has 1 aliphatic heterocycles. The molecule has 0 spiro atoms. The van der Waals surface area contributed by atoms with Gasteiger partial charge in [-0.1, -0.05) is 127 Å². The van der Waals surface area contributed by atoms with Gasteiger partial charge in [0.15, 0.2) is 0 Å². The third kappa shape index (κ3) is 17.4. The van der Waals surface area contributed by atoms with Crippen molar-refractivity contribution in [3.63, 3.8) is 0 Å². The van der Waals surface area contributed by atoms with E-state index in [1.807, 2.05) is 67.6 Å². The maximum Gasteiger partial charge on any atom is 0.306 e. The molecule has 0 aromatic heterocycles. The zero-order chi connectivity index (χ0) is 35.2. The lowest BCUT2D eigenvalue weighted by Gasteiger charge is -2.19. The number of carbonyl (C=O) groups excluding carboxylic acids is 2. The second kappa shape index (κ2) is 23.3. The number of amides is 1. The number of epoxide rings is 1. The summed E-state index contributed by atoms with van der Waals surface area (Å²) in [5.41, 5.74) is 2.62. The van der Waals surface area contributed by atoms with Gasteiger partial charge >= 0.3 is 5.97 Å². The van der Waals surface area contributed by atoms with Gasteiger partial charge in [0.2, 0.25) is 0 Å². The normalized spacial score (nSPS) is 15.8. The first-order chi connectivity index (χ1) is 23.8. The first kappa shape index (κ1) is 40.3. The molecule has 6 heteroatoms. The SMILES string of the molecule is CCCCCCCCCCCCCCCCCC(=O)O[C@@H](C[C@H]1OC1(C)C)C(C)=CCOc1ccc(CCNC(=O)c2ccccc2)cc1. The molecule has 272 valence electrons. The zero-order valence-electron chi connectivity index (χ0n) is 31.1. The van der Waals surface area contributed by atoms with Gasteiger partial charge in [-0.2, -0.15) is 0 Å². The van der Waals surface area contributed by atoms with Gasteiger partial charge in [-0.3, -0.25) is 9.59 Å². The van der Waals surface area contributed by atoms with E-state index in [1.54, 1.807) is 0 Å². The Morgan fingerprint density at radius 2 is 1.37 bits per heavy atom. The van der Waals surface area contributed by atoms with Gasteiger partial charge in [0, 0.05) is 24.9 Å². The summed E-state index contributed by atoms with van der Waals surface area (Å²) in [5.74, 6) is 0.588. The topological polar surface area (TPSA) is 77.2 Å². The van der Waals surface area contributed by atoms with E-state index < -0.39 is 0 Å². The molecule has 2 atom stereocenters. The minimum absolute atomic E-state index is 0.0615. The van der Waals surface area contributed by atoms with Gasteiger partial charge in [0.1, 0.15) is 18.5 Å². The van der Waals surface area contributed by atoms with Crippen LogP contribution in [0.15, 0.2) is 66.2 Å². The predicted molar refractivity (Wildman–Crippen MR) is 201 cm³/mol.